The number of nitrogens with two attached hydrogens (primary N) is 1. The predicted molar refractivity (Wildman–Crippen MR) is 92.4 cm³/mol. The van der Waals surface area contributed by atoms with E-state index in [1.165, 1.54) is 12.3 Å². The van der Waals surface area contributed by atoms with Gasteiger partial charge in [-0.1, -0.05) is 0 Å². The maximum absolute atomic E-state index is 12.8. The second-order valence-electron chi connectivity index (χ2n) is 6.32. The minimum atomic E-state index is -0.764. The summed E-state index contributed by atoms with van der Waals surface area (Å²) in [5.74, 6) is 0.310. The van der Waals surface area contributed by atoms with Crippen LogP contribution in [0.4, 0.5) is 5.69 Å². The number of nitrogens with zero attached hydrogens (tertiary/aromatic N) is 3. The first-order valence-electron chi connectivity index (χ1n) is 7.99. The summed E-state index contributed by atoms with van der Waals surface area (Å²) in [4.78, 5) is 27.0. The molecular formula is C17H24N4O3. The maximum Gasteiger partial charge on any atom is 0.290 e. The van der Waals surface area contributed by atoms with Crippen molar-refractivity contribution in [2.24, 2.45) is 0 Å². The molecular weight excluding hydrogens is 308 g/mol. The van der Waals surface area contributed by atoms with E-state index in [0.717, 1.165) is 4.68 Å². The highest BCUT2D eigenvalue weighted by molar-refractivity contribution is 5.80. The fourth-order valence-corrected chi connectivity index (χ4v) is 2.76. The molecule has 0 saturated heterocycles. The Balaban J connectivity index is 2.47. The summed E-state index contributed by atoms with van der Waals surface area (Å²) < 4.78 is 6.44. The highest BCUT2D eigenvalue weighted by Crippen LogP contribution is 2.20. The zero-order chi connectivity index (χ0) is 18.0. The van der Waals surface area contributed by atoms with Crippen molar-refractivity contribution in [1.82, 2.24) is 14.7 Å². The molecule has 2 aromatic heterocycles. The van der Waals surface area contributed by atoms with Crippen molar-refractivity contribution in [3.8, 4) is 11.5 Å². The van der Waals surface area contributed by atoms with Crippen molar-refractivity contribution < 1.29 is 9.21 Å². The first-order valence-corrected chi connectivity index (χ1v) is 7.99. The molecule has 0 bridgehead atoms. The summed E-state index contributed by atoms with van der Waals surface area (Å²) in [5, 5.41) is 4.28. The number of rotatable bonds is 5. The molecule has 7 nitrogen and oxygen atoms in total. The van der Waals surface area contributed by atoms with Gasteiger partial charge < -0.3 is 15.1 Å². The molecule has 0 aliphatic rings. The van der Waals surface area contributed by atoms with Crippen molar-refractivity contribution in [3.63, 3.8) is 0 Å². The third-order valence-corrected chi connectivity index (χ3v) is 3.83. The van der Waals surface area contributed by atoms with Gasteiger partial charge in [-0.15, -0.1) is 0 Å². The van der Waals surface area contributed by atoms with Crippen LogP contribution in [0.15, 0.2) is 33.7 Å². The molecule has 24 heavy (non-hydrogen) atoms. The van der Waals surface area contributed by atoms with Crippen LogP contribution in [0.5, 0.6) is 0 Å². The lowest BCUT2D eigenvalue weighted by Gasteiger charge is -2.33. The van der Waals surface area contributed by atoms with Gasteiger partial charge in [0.05, 0.1) is 6.26 Å². The van der Waals surface area contributed by atoms with Crippen molar-refractivity contribution in [2.75, 3.05) is 5.73 Å². The molecule has 0 saturated carbocycles. The minimum absolute atomic E-state index is 0.0151. The molecule has 2 heterocycles. The summed E-state index contributed by atoms with van der Waals surface area (Å²) in [6, 6.07) is 4.16. The quantitative estimate of drug-likeness (QED) is 0.906. The predicted octanol–water partition coefficient (Wildman–Crippen LogP) is 2.29. The number of nitrogen functional groups attached to an aromatic ring is 1. The van der Waals surface area contributed by atoms with Crippen LogP contribution in [0.25, 0.3) is 11.5 Å². The summed E-state index contributed by atoms with van der Waals surface area (Å²) in [5.41, 5.74) is 5.77. The van der Waals surface area contributed by atoms with Crippen molar-refractivity contribution in [3.05, 3.63) is 34.8 Å². The van der Waals surface area contributed by atoms with Crippen LogP contribution in [-0.4, -0.2) is 32.7 Å². The molecule has 0 radical (unpaired) electrons. The van der Waals surface area contributed by atoms with E-state index in [1.54, 1.807) is 24.0 Å². The fraction of sp³-hybridized carbons (Fsp3) is 0.471. The molecule has 1 amide bonds. The van der Waals surface area contributed by atoms with Gasteiger partial charge in [-0.05, 0) is 52.8 Å². The lowest BCUT2D eigenvalue weighted by molar-refractivity contribution is -0.138. The molecule has 1 atom stereocenters. The van der Waals surface area contributed by atoms with Crippen LogP contribution in [0.2, 0.25) is 0 Å². The Hall–Kier alpha value is -2.57. The molecule has 130 valence electrons. The molecule has 0 aliphatic heterocycles. The van der Waals surface area contributed by atoms with Gasteiger partial charge in [-0.25, -0.2) is 4.68 Å². The van der Waals surface area contributed by atoms with Gasteiger partial charge in [0.25, 0.3) is 5.56 Å². The van der Waals surface area contributed by atoms with E-state index >= 15 is 0 Å². The van der Waals surface area contributed by atoms with Crippen LogP contribution in [-0.2, 0) is 4.79 Å². The number of aromatic nitrogens is 2. The van der Waals surface area contributed by atoms with E-state index in [9.17, 15) is 9.59 Å². The summed E-state index contributed by atoms with van der Waals surface area (Å²) >= 11 is 0. The Morgan fingerprint density at radius 2 is 1.88 bits per heavy atom. The number of carbonyl (C=O) groups is 1. The number of anilines is 1. The molecule has 2 rings (SSSR count). The second kappa shape index (κ2) is 6.90. The second-order valence-corrected chi connectivity index (χ2v) is 6.32. The Kier molecular flexibility index (Phi) is 5.11. The number of amides is 1. The van der Waals surface area contributed by atoms with E-state index in [1.807, 2.05) is 27.7 Å². The van der Waals surface area contributed by atoms with E-state index in [0.29, 0.717) is 11.5 Å². The van der Waals surface area contributed by atoms with Crippen LogP contribution >= 0.6 is 0 Å². The maximum atomic E-state index is 12.8. The van der Waals surface area contributed by atoms with Gasteiger partial charge in [0.2, 0.25) is 5.91 Å². The zero-order valence-electron chi connectivity index (χ0n) is 14.7. The topological polar surface area (TPSA) is 94.4 Å². The number of hydrogen-bond donors (Lipinski definition) is 1. The van der Waals surface area contributed by atoms with Gasteiger partial charge in [0, 0.05) is 12.1 Å². The minimum Gasteiger partial charge on any atom is -0.463 e. The highest BCUT2D eigenvalue weighted by Gasteiger charge is 2.28. The van der Waals surface area contributed by atoms with Crippen LogP contribution in [0, 0.1) is 0 Å². The standard InChI is InChI=1S/C17H24N4O3/c1-10(2)20(11(3)4)16(22)12(5)21-17(23)13(18)9-14(19-21)15-7-6-8-24-15/h6-12H,18H2,1-5H3/t12-/m1/s1. The van der Waals surface area contributed by atoms with Gasteiger partial charge >= 0.3 is 0 Å². The normalized spacial score (nSPS) is 12.6. The number of hydrogen-bond acceptors (Lipinski definition) is 5. The summed E-state index contributed by atoms with van der Waals surface area (Å²) in [7, 11) is 0. The van der Waals surface area contributed by atoms with Gasteiger partial charge in [-0.2, -0.15) is 5.10 Å². The zero-order valence-corrected chi connectivity index (χ0v) is 14.7. The molecule has 0 spiro atoms. The summed E-state index contributed by atoms with van der Waals surface area (Å²) in [6.45, 7) is 9.41. The molecule has 0 unspecified atom stereocenters. The fourth-order valence-electron chi connectivity index (χ4n) is 2.76. The van der Waals surface area contributed by atoms with Crippen molar-refractivity contribution in [2.45, 2.75) is 52.7 Å². The average Bonchev–Trinajstić information content (AvgIpc) is 3.02. The SMILES string of the molecule is CC(C)N(C(=O)[C@@H](C)n1nc(-c2ccco2)cc(N)c1=O)C(C)C. The molecule has 2 N–H and O–H groups in total. The van der Waals surface area contributed by atoms with Gasteiger partial charge in [0.1, 0.15) is 17.4 Å². The third-order valence-electron chi connectivity index (χ3n) is 3.83. The Morgan fingerprint density at radius 3 is 2.38 bits per heavy atom. The monoisotopic (exact) mass is 332 g/mol. The largest absolute Gasteiger partial charge is 0.463 e. The number of furan rings is 1. The summed E-state index contributed by atoms with van der Waals surface area (Å²) in [6.07, 6.45) is 1.51. The van der Waals surface area contributed by atoms with Crippen LogP contribution in [0.1, 0.15) is 40.7 Å². The lowest BCUT2D eigenvalue weighted by atomic mass is 10.1. The average molecular weight is 332 g/mol. The van der Waals surface area contributed by atoms with Crippen molar-refractivity contribution in [1.29, 1.82) is 0 Å². The van der Waals surface area contributed by atoms with Crippen LogP contribution < -0.4 is 11.3 Å². The molecule has 0 aliphatic carbocycles. The first-order chi connectivity index (χ1) is 11.2. The highest BCUT2D eigenvalue weighted by atomic mass is 16.3. The van der Waals surface area contributed by atoms with Gasteiger partial charge in [-0.3, -0.25) is 9.59 Å². The van der Waals surface area contributed by atoms with E-state index in [-0.39, 0.29) is 23.7 Å². The molecule has 0 aromatic carbocycles. The van der Waals surface area contributed by atoms with Gasteiger partial charge in [0.15, 0.2) is 5.76 Å². The van der Waals surface area contributed by atoms with Crippen LogP contribution in [0.3, 0.4) is 0 Å². The van der Waals surface area contributed by atoms with E-state index < -0.39 is 11.6 Å². The Morgan fingerprint density at radius 1 is 1.25 bits per heavy atom. The molecule has 2 aromatic rings. The Labute approximate surface area is 141 Å². The third kappa shape index (κ3) is 3.34. The molecule has 0 fully saturated rings. The van der Waals surface area contributed by atoms with E-state index in [4.69, 9.17) is 10.2 Å². The molecule has 7 heteroatoms. The lowest BCUT2D eigenvalue weighted by Crippen LogP contribution is -2.47. The number of carbonyl (C=O) groups excluding carboxylic acids is 1. The smallest absolute Gasteiger partial charge is 0.290 e. The van der Waals surface area contributed by atoms with E-state index in [2.05, 4.69) is 5.10 Å². The first kappa shape index (κ1) is 17.8. The Bertz CT molecular complexity index is 755. The van der Waals surface area contributed by atoms with Crippen molar-refractivity contribution >= 4 is 11.6 Å².